The first-order valence-electron chi connectivity index (χ1n) is 10.8. The van der Waals surface area contributed by atoms with Gasteiger partial charge < -0.3 is 26.0 Å². The number of ether oxygens (including phenoxy) is 2. The van der Waals surface area contributed by atoms with Crippen LogP contribution in [0.15, 0.2) is 36.4 Å². The molecule has 2 heterocycles. The third-order valence-electron chi connectivity index (χ3n) is 5.84. The fraction of sp³-hybridized carbons (Fsp3) is 0.400. The van der Waals surface area contributed by atoms with Crippen molar-refractivity contribution in [1.82, 2.24) is 4.98 Å². The average Bonchev–Trinajstić information content (AvgIpc) is 3.03. The number of nitrogens with two attached hydrogens (primary N) is 2. The Labute approximate surface area is 193 Å². The molecule has 1 unspecified atom stereocenters. The van der Waals surface area contributed by atoms with E-state index in [4.69, 9.17) is 20.9 Å². The first-order chi connectivity index (χ1) is 15.0. The SMILES string of the molecule is CC1(COc2ccc(Cc3sc(N)nc3N)cc2)CCc2cc(O)c(C(C)(C)C)cc2O1. The Morgan fingerprint density at radius 3 is 2.53 bits per heavy atom. The van der Waals surface area contributed by atoms with E-state index in [1.165, 1.54) is 11.3 Å². The molecule has 3 aromatic rings. The minimum Gasteiger partial charge on any atom is -0.508 e. The number of nitrogen functional groups attached to an aromatic ring is 2. The van der Waals surface area contributed by atoms with Crippen molar-refractivity contribution >= 4 is 22.3 Å². The van der Waals surface area contributed by atoms with Gasteiger partial charge in [-0.2, -0.15) is 0 Å². The minimum absolute atomic E-state index is 0.163. The molecule has 1 atom stereocenters. The molecule has 0 aliphatic carbocycles. The minimum atomic E-state index is -0.438. The Morgan fingerprint density at radius 2 is 1.91 bits per heavy atom. The largest absolute Gasteiger partial charge is 0.508 e. The highest BCUT2D eigenvalue weighted by molar-refractivity contribution is 7.15. The van der Waals surface area contributed by atoms with Gasteiger partial charge in [0, 0.05) is 12.0 Å². The number of anilines is 2. The Hall–Kier alpha value is -2.93. The number of fused-ring (bicyclic) bond motifs is 1. The summed E-state index contributed by atoms with van der Waals surface area (Å²) in [6, 6.07) is 11.8. The van der Waals surface area contributed by atoms with Gasteiger partial charge in [-0.05, 0) is 60.6 Å². The van der Waals surface area contributed by atoms with E-state index in [2.05, 4.69) is 32.7 Å². The van der Waals surface area contributed by atoms with Crippen LogP contribution in [0.5, 0.6) is 17.2 Å². The van der Waals surface area contributed by atoms with E-state index in [1.54, 1.807) is 0 Å². The fourth-order valence-corrected chi connectivity index (χ4v) is 4.74. The average molecular weight is 454 g/mol. The molecular weight excluding hydrogens is 422 g/mol. The number of phenols is 1. The summed E-state index contributed by atoms with van der Waals surface area (Å²) in [5.41, 5.74) is 14.1. The van der Waals surface area contributed by atoms with Crippen molar-refractivity contribution in [2.75, 3.05) is 18.1 Å². The summed E-state index contributed by atoms with van der Waals surface area (Å²) >= 11 is 1.42. The molecule has 0 fully saturated rings. The highest BCUT2D eigenvalue weighted by atomic mass is 32.1. The van der Waals surface area contributed by atoms with Gasteiger partial charge in [-0.15, -0.1) is 0 Å². The molecule has 7 heteroatoms. The van der Waals surface area contributed by atoms with Crippen molar-refractivity contribution in [2.45, 2.75) is 58.0 Å². The van der Waals surface area contributed by atoms with Gasteiger partial charge in [-0.3, -0.25) is 0 Å². The molecule has 0 radical (unpaired) electrons. The summed E-state index contributed by atoms with van der Waals surface area (Å²) in [6.45, 7) is 8.77. The highest BCUT2D eigenvalue weighted by Crippen LogP contribution is 2.41. The van der Waals surface area contributed by atoms with Crippen molar-refractivity contribution in [3.8, 4) is 17.2 Å². The van der Waals surface area contributed by atoms with Crippen LogP contribution in [-0.2, 0) is 18.3 Å². The number of nitrogens with zero attached hydrogens (tertiary/aromatic N) is 1. The maximum atomic E-state index is 10.4. The molecule has 32 heavy (non-hydrogen) atoms. The predicted octanol–water partition coefficient (Wildman–Crippen LogP) is 5.06. The van der Waals surface area contributed by atoms with E-state index >= 15 is 0 Å². The molecule has 0 bridgehead atoms. The molecule has 170 valence electrons. The molecule has 2 aromatic carbocycles. The molecular formula is C25H31N3O3S. The van der Waals surface area contributed by atoms with Gasteiger partial charge in [0.1, 0.15) is 35.3 Å². The third-order valence-corrected chi connectivity index (χ3v) is 6.74. The van der Waals surface area contributed by atoms with Gasteiger partial charge in [0.05, 0.1) is 4.88 Å². The second kappa shape index (κ2) is 8.20. The van der Waals surface area contributed by atoms with Crippen LogP contribution >= 0.6 is 11.3 Å². The van der Waals surface area contributed by atoms with Crippen LogP contribution in [0.4, 0.5) is 10.9 Å². The molecule has 0 spiro atoms. The number of benzene rings is 2. The molecule has 1 aliphatic rings. The summed E-state index contributed by atoms with van der Waals surface area (Å²) < 4.78 is 12.5. The number of hydrogen-bond donors (Lipinski definition) is 3. The van der Waals surface area contributed by atoms with Crippen molar-refractivity contribution in [1.29, 1.82) is 0 Å². The van der Waals surface area contributed by atoms with Crippen LogP contribution in [-0.4, -0.2) is 22.3 Å². The summed E-state index contributed by atoms with van der Waals surface area (Å²) in [4.78, 5) is 5.05. The smallest absolute Gasteiger partial charge is 0.182 e. The number of thiazole rings is 1. The maximum absolute atomic E-state index is 10.4. The Morgan fingerprint density at radius 1 is 1.19 bits per heavy atom. The maximum Gasteiger partial charge on any atom is 0.182 e. The molecule has 4 rings (SSSR count). The lowest BCUT2D eigenvalue weighted by molar-refractivity contribution is 0.0173. The molecule has 5 N–H and O–H groups in total. The van der Waals surface area contributed by atoms with Gasteiger partial charge in [-0.25, -0.2) is 4.98 Å². The topological polar surface area (TPSA) is 104 Å². The standard InChI is InChI=1S/C25H31N3O3S/c1-24(2,3)18-13-20-16(12-19(18)29)9-10-25(4,31-20)14-30-17-7-5-15(6-8-17)11-21-22(26)28-23(27)32-21/h5-8,12-13,29H,9-11,14,26H2,1-4H3,(H2,27,28). The van der Waals surface area contributed by atoms with Crippen molar-refractivity contribution in [3.05, 3.63) is 58.0 Å². The summed E-state index contributed by atoms with van der Waals surface area (Å²) in [6.07, 6.45) is 2.35. The lowest BCUT2D eigenvalue weighted by Crippen LogP contribution is -2.42. The zero-order valence-electron chi connectivity index (χ0n) is 19.1. The summed E-state index contributed by atoms with van der Waals surface area (Å²) in [5, 5.41) is 10.9. The predicted molar refractivity (Wildman–Crippen MR) is 130 cm³/mol. The number of aromatic hydroxyl groups is 1. The quantitative estimate of drug-likeness (QED) is 0.499. The van der Waals surface area contributed by atoms with Crippen LogP contribution in [0, 0.1) is 0 Å². The molecule has 0 saturated carbocycles. The first-order valence-corrected chi connectivity index (χ1v) is 11.6. The van der Waals surface area contributed by atoms with E-state index in [0.717, 1.165) is 45.9 Å². The Kier molecular flexibility index (Phi) is 5.71. The molecule has 6 nitrogen and oxygen atoms in total. The van der Waals surface area contributed by atoms with Crippen molar-refractivity contribution in [2.24, 2.45) is 0 Å². The van der Waals surface area contributed by atoms with Crippen molar-refractivity contribution < 1.29 is 14.6 Å². The van der Waals surface area contributed by atoms with Gasteiger partial charge in [0.2, 0.25) is 0 Å². The fourth-order valence-electron chi connectivity index (χ4n) is 3.95. The number of phenolic OH excluding ortho intramolecular Hbond substituents is 1. The van der Waals surface area contributed by atoms with Gasteiger partial charge in [0.25, 0.3) is 0 Å². The molecule has 0 amide bonds. The van der Waals surface area contributed by atoms with E-state index in [0.29, 0.717) is 29.7 Å². The van der Waals surface area contributed by atoms with Crippen LogP contribution < -0.4 is 20.9 Å². The lowest BCUT2D eigenvalue weighted by Gasteiger charge is -2.36. The monoisotopic (exact) mass is 453 g/mol. The number of rotatable bonds is 5. The Balaban J connectivity index is 1.41. The summed E-state index contributed by atoms with van der Waals surface area (Å²) in [7, 11) is 0. The van der Waals surface area contributed by atoms with E-state index in [-0.39, 0.29) is 5.41 Å². The van der Waals surface area contributed by atoms with E-state index in [9.17, 15) is 5.11 Å². The number of aryl methyl sites for hydroxylation is 1. The van der Waals surface area contributed by atoms with Crippen LogP contribution in [0.25, 0.3) is 0 Å². The van der Waals surface area contributed by atoms with Crippen LogP contribution in [0.1, 0.15) is 55.7 Å². The first kappa shape index (κ1) is 22.3. The third kappa shape index (κ3) is 4.78. The van der Waals surface area contributed by atoms with E-state index in [1.807, 2.05) is 36.4 Å². The van der Waals surface area contributed by atoms with Crippen molar-refractivity contribution in [3.63, 3.8) is 0 Å². The number of aromatic nitrogens is 1. The zero-order valence-corrected chi connectivity index (χ0v) is 19.9. The van der Waals surface area contributed by atoms with Crippen LogP contribution in [0.2, 0.25) is 0 Å². The Bertz CT molecular complexity index is 1120. The summed E-state index contributed by atoms with van der Waals surface area (Å²) in [5.74, 6) is 2.46. The molecule has 1 aliphatic heterocycles. The number of hydrogen-bond acceptors (Lipinski definition) is 7. The molecule has 0 saturated heterocycles. The van der Waals surface area contributed by atoms with Crippen LogP contribution in [0.3, 0.4) is 0 Å². The second-order valence-corrected chi connectivity index (χ2v) is 10.9. The second-order valence-electron chi connectivity index (χ2n) is 9.75. The van der Waals surface area contributed by atoms with Gasteiger partial charge >= 0.3 is 0 Å². The zero-order chi connectivity index (χ0) is 23.1. The lowest BCUT2D eigenvalue weighted by atomic mass is 9.84. The van der Waals surface area contributed by atoms with Gasteiger partial charge in [-0.1, -0.05) is 44.2 Å². The molecule has 1 aromatic heterocycles. The normalized spacial score (nSPS) is 18.1. The highest BCUT2D eigenvalue weighted by Gasteiger charge is 2.34. The van der Waals surface area contributed by atoms with E-state index < -0.39 is 5.60 Å². The van der Waals surface area contributed by atoms with Gasteiger partial charge in [0.15, 0.2) is 5.13 Å².